The molecule has 3 aliphatic rings. The number of ether oxygens (including phenoxy) is 3. The van der Waals surface area contributed by atoms with Crippen LogP contribution in [0.1, 0.15) is 223 Å². The lowest BCUT2D eigenvalue weighted by Gasteiger charge is -2.25. The van der Waals surface area contributed by atoms with Gasteiger partial charge in [0.2, 0.25) is 0 Å². The van der Waals surface area contributed by atoms with Crippen LogP contribution in [-0.4, -0.2) is 18.3 Å². The molecule has 5 aromatic heterocycles. The van der Waals surface area contributed by atoms with Crippen molar-refractivity contribution in [2.75, 3.05) is 0 Å². The first-order valence-electron chi connectivity index (χ1n) is 38.6. The lowest BCUT2D eigenvalue weighted by molar-refractivity contribution is 0.109. The minimum Gasteiger partial charge on any atom is -0.489 e. The summed E-state index contributed by atoms with van der Waals surface area (Å²) in [5, 5.41) is 4.62. The highest BCUT2D eigenvalue weighted by Crippen LogP contribution is 2.41. The molecule has 111 heavy (non-hydrogen) atoms. The van der Waals surface area contributed by atoms with E-state index >= 15 is 0 Å². The topological polar surface area (TPSA) is 93.4 Å². The van der Waals surface area contributed by atoms with Crippen LogP contribution < -0.4 is 14.2 Å². The molecular weight excluding hydrogens is 1400 g/mol. The van der Waals surface area contributed by atoms with Gasteiger partial charge in [0.15, 0.2) is 11.4 Å². The molecule has 3 atom stereocenters. The second-order valence-corrected chi connectivity index (χ2v) is 37.9. The molecule has 8 nitrogen and oxygen atoms in total. The van der Waals surface area contributed by atoms with Crippen molar-refractivity contribution in [3.63, 3.8) is 0 Å². The highest BCUT2D eigenvalue weighted by Gasteiger charge is 2.36. The summed E-state index contributed by atoms with van der Waals surface area (Å²) in [5.41, 5.74) is 9.66. The van der Waals surface area contributed by atoms with Crippen molar-refractivity contribution in [1.29, 1.82) is 0 Å². The van der Waals surface area contributed by atoms with Crippen molar-refractivity contribution >= 4 is 54.8 Å². The van der Waals surface area contributed by atoms with Gasteiger partial charge in [-0.1, -0.05) is 239 Å². The number of rotatable bonds is 0. The molecule has 0 amide bonds. The summed E-state index contributed by atoms with van der Waals surface area (Å²) in [7, 11) is 0. The quantitative estimate of drug-likeness (QED) is 0.139. The molecule has 0 saturated heterocycles. The van der Waals surface area contributed by atoms with Crippen LogP contribution in [0, 0.1) is 59.2 Å². The van der Waals surface area contributed by atoms with Gasteiger partial charge in [-0.05, 0) is 156 Å². The van der Waals surface area contributed by atoms with Crippen molar-refractivity contribution in [2.24, 2.45) is 16.2 Å². The predicted octanol–water partition coefficient (Wildman–Crippen LogP) is 29.1. The third kappa shape index (κ3) is 22.4. The zero-order chi connectivity index (χ0) is 81.9. The number of furan rings is 5. The van der Waals surface area contributed by atoms with E-state index in [9.17, 15) is 22.0 Å². The Labute approximate surface area is 655 Å². The number of halogens is 5. The third-order valence-corrected chi connectivity index (χ3v) is 19.6. The zero-order valence-corrected chi connectivity index (χ0v) is 70.3. The molecule has 16 rings (SSSR count). The smallest absolute Gasteiger partial charge is 0.169 e. The summed E-state index contributed by atoms with van der Waals surface area (Å²) in [6.07, 6.45) is 3.15. The molecule has 0 bridgehead atoms. The van der Waals surface area contributed by atoms with E-state index in [1.807, 2.05) is 71.9 Å². The lowest BCUT2D eigenvalue weighted by atomic mass is 9.86. The van der Waals surface area contributed by atoms with Crippen LogP contribution in [0.2, 0.25) is 0 Å². The Hall–Kier alpha value is -9.49. The number of benzene rings is 8. The Balaban J connectivity index is 0.000000146. The van der Waals surface area contributed by atoms with Gasteiger partial charge in [-0.25, -0.2) is 22.0 Å². The molecule has 0 spiro atoms. The van der Waals surface area contributed by atoms with Crippen molar-refractivity contribution in [1.82, 2.24) is 0 Å². The van der Waals surface area contributed by atoms with Crippen molar-refractivity contribution in [2.45, 2.75) is 245 Å². The van der Waals surface area contributed by atoms with E-state index in [0.29, 0.717) is 34.8 Å². The maximum absolute atomic E-state index is 13.4. The van der Waals surface area contributed by atoms with Crippen LogP contribution in [0.15, 0.2) is 204 Å². The lowest BCUT2D eigenvalue weighted by Crippen LogP contribution is -2.30. The minimum absolute atomic E-state index is 0.0322. The standard InChI is InChI=1S/2C13H16O.C12H15FO.C12H13FO.C12H15FO.2C12H13FO.C12H16O/c1-9-5-6-10-8-12(13(2,3)4)14-11(10)7-9;1-9-6-5-7-10-8-11(13(2,3)4)14-12(9)10;2*1-12(2,3)11-7-8-6-9(13)4-5-10(8)14-11;2*1-12(2,3)11-7-8-9(13)5-4-6-10(8)14-11;1-12(2,3)10-7-8-5-4-6-9(13)11(8)14-10;1-12(2,3)11-8-9-6-4-5-7-10(9)13-11/h2*5-8H,1-4H3;4-6,11H,7H2,1-3H3;4-7H,1-3H3;4-6,11H,7H2,1-3H3;2*4-7H,1-3H3;4-7,11H,8H2,1-3H3. The molecular formula is C98H117F5O8. The number of aryl methyl sites for hydroxylation is 2. The fraction of sp³-hybridized carbons (Fsp3) is 0.408. The molecule has 8 aromatic carbocycles. The Morgan fingerprint density at radius 2 is 0.712 bits per heavy atom. The molecule has 592 valence electrons. The first-order chi connectivity index (χ1) is 51.4. The summed E-state index contributed by atoms with van der Waals surface area (Å²) < 4.78 is 112. The molecule has 13 heteroatoms. The van der Waals surface area contributed by atoms with E-state index < -0.39 is 0 Å². The fourth-order valence-electron chi connectivity index (χ4n) is 12.3. The van der Waals surface area contributed by atoms with Gasteiger partial charge in [0.05, 0.1) is 5.39 Å². The van der Waals surface area contributed by atoms with Crippen LogP contribution in [-0.2, 0) is 46.3 Å². The SMILES string of the molecule is CC(C)(C)C1Cc2c(F)cccc2O1.CC(C)(C)C1Cc2cc(F)ccc2O1.CC(C)(C)C1Cc2ccccc2O1.CC(C)(C)c1cc2c(F)cccc2o1.CC(C)(C)c1cc2cc(F)ccc2o1.CC(C)(C)c1cc2cccc(F)c2o1.Cc1ccc2cc(C(C)(C)C)oc2c1.Cc1cccc2cc(C(C)(C)C)oc12. The van der Waals surface area contributed by atoms with Crippen LogP contribution in [0.3, 0.4) is 0 Å². The first kappa shape index (κ1) is 85.5. The second-order valence-electron chi connectivity index (χ2n) is 37.9. The molecule has 0 aliphatic carbocycles. The van der Waals surface area contributed by atoms with E-state index in [1.54, 1.807) is 48.5 Å². The maximum Gasteiger partial charge on any atom is 0.169 e. The average molecular weight is 1520 g/mol. The van der Waals surface area contributed by atoms with Crippen LogP contribution in [0.4, 0.5) is 22.0 Å². The van der Waals surface area contributed by atoms with Gasteiger partial charge < -0.3 is 36.3 Å². The van der Waals surface area contributed by atoms with E-state index in [-0.39, 0.29) is 84.6 Å². The van der Waals surface area contributed by atoms with E-state index in [4.69, 9.17) is 36.3 Å². The zero-order valence-electron chi connectivity index (χ0n) is 70.3. The summed E-state index contributed by atoms with van der Waals surface area (Å²) in [5.74, 6) is 6.20. The van der Waals surface area contributed by atoms with Crippen LogP contribution in [0.25, 0.3) is 54.8 Å². The Morgan fingerprint density at radius 1 is 0.288 bits per heavy atom. The van der Waals surface area contributed by atoms with E-state index in [0.717, 1.165) is 91.8 Å². The Bertz CT molecular complexity index is 4960. The highest BCUT2D eigenvalue weighted by molar-refractivity contribution is 5.82. The van der Waals surface area contributed by atoms with Gasteiger partial charge in [0.1, 0.15) is 110 Å². The third-order valence-electron chi connectivity index (χ3n) is 19.6. The molecule has 13 aromatic rings. The monoisotopic (exact) mass is 1520 g/mol. The highest BCUT2D eigenvalue weighted by atomic mass is 19.1. The summed E-state index contributed by atoms with van der Waals surface area (Å²) in [6, 6.07) is 54.9. The van der Waals surface area contributed by atoms with Crippen molar-refractivity contribution in [3.05, 3.63) is 268 Å². The molecule has 0 radical (unpaired) electrons. The maximum atomic E-state index is 13.4. The molecule has 3 unspecified atom stereocenters. The summed E-state index contributed by atoms with van der Waals surface area (Å²) >= 11 is 0. The van der Waals surface area contributed by atoms with Gasteiger partial charge >= 0.3 is 0 Å². The summed E-state index contributed by atoms with van der Waals surface area (Å²) in [6.45, 7) is 55.1. The minimum atomic E-state index is -0.294. The Kier molecular flexibility index (Phi) is 25.8. The van der Waals surface area contributed by atoms with Gasteiger partial charge in [-0.15, -0.1) is 0 Å². The number of fused-ring (bicyclic) bond motifs is 8. The number of hydrogen-bond acceptors (Lipinski definition) is 8. The second kappa shape index (κ2) is 33.4. The number of para-hydroxylation sites is 3. The average Bonchev–Trinajstić information content (AvgIpc) is 1.73. The number of hydrogen-bond donors (Lipinski definition) is 0. The van der Waals surface area contributed by atoms with E-state index in [1.165, 1.54) is 63.9 Å². The van der Waals surface area contributed by atoms with Gasteiger partial charge in [0.25, 0.3) is 0 Å². The molecule has 8 heterocycles. The van der Waals surface area contributed by atoms with Gasteiger partial charge in [0, 0.05) is 79.0 Å². The Morgan fingerprint density at radius 3 is 1.26 bits per heavy atom. The normalized spacial score (nSPS) is 15.4. The van der Waals surface area contributed by atoms with Gasteiger partial charge in [-0.2, -0.15) is 0 Å². The first-order valence-corrected chi connectivity index (χ1v) is 38.6. The largest absolute Gasteiger partial charge is 0.489 e. The molecule has 0 fully saturated rings. The van der Waals surface area contributed by atoms with Crippen LogP contribution >= 0.6 is 0 Å². The van der Waals surface area contributed by atoms with Gasteiger partial charge in [-0.3, -0.25) is 0 Å². The molecule has 0 saturated carbocycles. The van der Waals surface area contributed by atoms with Crippen molar-refractivity contribution in [3.8, 4) is 17.2 Å². The predicted molar refractivity (Wildman–Crippen MR) is 446 cm³/mol. The summed E-state index contributed by atoms with van der Waals surface area (Å²) in [4.78, 5) is 0. The fourth-order valence-corrected chi connectivity index (χ4v) is 12.3. The van der Waals surface area contributed by atoms with E-state index in [2.05, 4.69) is 205 Å². The van der Waals surface area contributed by atoms with Crippen molar-refractivity contribution < 1.29 is 58.2 Å². The van der Waals surface area contributed by atoms with Crippen LogP contribution in [0.5, 0.6) is 17.2 Å². The molecule has 3 aliphatic heterocycles. The molecule has 0 N–H and O–H groups in total.